The largest absolute Gasteiger partial charge is 0.330 e. The molecule has 0 fully saturated rings. The van der Waals surface area contributed by atoms with Crippen LogP contribution in [-0.2, 0) is 15.0 Å². The Hall–Kier alpha value is -3.66. The quantitative estimate of drug-likeness (QED) is 0.0540. The average Bonchev–Trinajstić information content (AvgIpc) is 3.14. The van der Waals surface area contributed by atoms with E-state index in [9.17, 15) is 19.2 Å². The molecular weight excluding hydrogens is 757 g/mol. The molecule has 0 spiro atoms. The minimum Gasteiger partial charge on any atom is -0.330 e. The van der Waals surface area contributed by atoms with Crippen LogP contribution in [-0.4, -0.2) is 61.3 Å². The lowest BCUT2D eigenvalue weighted by Crippen LogP contribution is -2.39. The van der Waals surface area contributed by atoms with Gasteiger partial charge in [0.1, 0.15) is 0 Å². The Balaban J connectivity index is 2.01. The number of rotatable bonds is 20. The van der Waals surface area contributed by atoms with E-state index in [1.807, 2.05) is 12.1 Å². The molecular formula is C43H66N8O4S2. The highest BCUT2D eigenvalue weighted by Gasteiger charge is 2.37. The molecule has 12 N–H and O–H groups in total. The first-order chi connectivity index (χ1) is 26.9. The van der Waals surface area contributed by atoms with Crippen LogP contribution in [0.25, 0.3) is 0 Å². The molecule has 1 aliphatic rings. The summed E-state index contributed by atoms with van der Waals surface area (Å²) in [6.07, 6.45) is 5.63. The van der Waals surface area contributed by atoms with Crippen molar-refractivity contribution in [3.05, 3.63) is 75.5 Å². The summed E-state index contributed by atoms with van der Waals surface area (Å²) >= 11 is 2.95. The Morgan fingerprint density at radius 1 is 0.667 bits per heavy atom. The van der Waals surface area contributed by atoms with Crippen LogP contribution < -0.4 is 44.2 Å². The van der Waals surface area contributed by atoms with Crippen molar-refractivity contribution < 1.29 is 19.2 Å². The lowest BCUT2D eigenvalue weighted by Gasteiger charge is -2.39. The number of anilines is 2. The standard InChI is InChI=1S/C43H66N8O4S2/c1-27-31(43(5,6)7)26-34(49-36(53)16-9-11-18-45)39(57-22-20-47)37(27)51-41(55)29-14-12-13-28(23-29)40(54)50-33-25-30(42(2,3)4)24-32(38(33)56-21-19-46)48-35(52)15-8-10-17-44/h12-14,23-27,31H,8-11,15-22,44-47H2,1-7H3,(H,48,52)(H,49,53)(H,50,54)(H,51,55). The first-order valence-electron chi connectivity index (χ1n) is 20.0. The monoisotopic (exact) mass is 822 g/mol. The van der Waals surface area contributed by atoms with Crippen molar-refractivity contribution in [2.75, 3.05) is 48.3 Å². The number of hydrogen-bond donors (Lipinski definition) is 8. The average molecular weight is 823 g/mol. The third-order valence-corrected chi connectivity index (χ3v) is 12.0. The summed E-state index contributed by atoms with van der Waals surface area (Å²) in [6, 6.07) is 10.5. The molecule has 57 heavy (non-hydrogen) atoms. The predicted molar refractivity (Wildman–Crippen MR) is 238 cm³/mol. The van der Waals surface area contributed by atoms with Crippen LogP contribution in [0.2, 0.25) is 0 Å². The number of unbranched alkanes of at least 4 members (excludes halogenated alkanes) is 2. The van der Waals surface area contributed by atoms with E-state index >= 15 is 0 Å². The van der Waals surface area contributed by atoms with E-state index in [0.29, 0.717) is 96.6 Å². The molecule has 0 saturated heterocycles. The fourth-order valence-electron chi connectivity index (χ4n) is 6.56. The van der Waals surface area contributed by atoms with Crippen LogP contribution in [0.15, 0.2) is 63.7 Å². The fraction of sp³-hybridized carbons (Fsp3) is 0.535. The Morgan fingerprint density at radius 3 is 1.72 bits per heavy atom. The summed E-state index contributed by atoms with van der Waals surface area (Å²) in [5.74, 6) is -0.00146. The third-order valence-electron chi connectivity index (χ3n) is 9.66. The van der Waals surface area contributed by atoms with Crippen LogP contribution in [0.1, 0.15) is 113 Å². The molecule has 314 valence electrons. The maximum atomic E-state index is 14.1. The van der Waals surface area contributed by atoms with Crippen molar-refractivity contribution in [3.8, 4) is 0 Å². The van der Waals surface area contributed by atoms with Crippen LogP contribution in [0.3, 0.4) is 0 Å². The van der Waals surface area contributed by atoms with Crippen molar-refractivity contribution in [2.45, 2.75) is 97.3 Å². The molecule has 3 rings (SSSR count). The number of amides is 4. The van der Waals surface area contributed by atoms with Crippen molar-refractivity contribution in [3.63, 3.8) is 0 Å². The second-order valence-electron chi connectivity index (χ2n) is 16.5. The van der Waals surface area contributed by atoms with Crippen LogP contribution in [0.4, 0.5) is 11.4 Å². The minimum atomic E-state index is -0.412. The van der Waals surface area contributed by atoms with Crippen molar-refractivity contribution in [1.29, 1.82) is 0 Å². The summed E-state index contributed by atoms with van der Waals surface area (Å²) in [5, 5.41) is 12.5. The second-order valence-corrected chi connectivity index (χ2v) is 18.7. The Labute approximate surface area is 348 Å². The van der Waals surface area contributed by atoms with E-state index in [1.165, 1.54) is 23.5 Å². The third kappa shape index (κ3) is 14.3. The Bertz CT molecular complexity index is 1780. The molecule has 2 aromatic carbocycles. The summed E-state index contributed by atoms with van der Waals surface area (Å²) in [6.45, 7) is 16.6. The van der Waals surface area contributed by atoms with Gasteiger partial charge in [-0.2, -0.15) is 0 Å². The summed E-state index contributed by atoms with van der Waals surface area (Å²) in [7, 11) is 0. The van der Waals surface area contributed by atoms with Gasteiger partial charge in [0.15, 0.2) is 0 Å². The smallest absolute Gasteiger partial charge is 0.255 e. The van der Waals surface area contributed by atoms with Gasteiger partial charge >= 0.3 is 0 Å². The van der Waals surface area contributed by atoms with Crippen molar-refractivity contribution in [1.82, 2.24) is 10.6 Å². The Morgan fingerprint density at radius 2 is 1.19 bits per heavy atom. The molecule has 14 heteroatoms. The summed E-state index contributed by atoms with van der Waals surface area (Å²) < 4.78 is 0. The van der Waals surface area contributed by atoms with Gasteiger partial charge < -0.3 is 44.2 Å². The molecule has 0 saturated carbocycles. The molecule has 1 aliphatic carbocycles. The second kappa shape index (κ2) is 22.5. The van der Waals surface area contributed by atoms with Crippen LogP contribution in [0, 0.1) is 17.3 Å². The number of benzene rings is 2. The highest BCUT2D eigenvalue weighted by atomic mass is 32.2. The highest BCUT2D eigenvalue weighted by molar-refractivity contribution is 8.03. The minimum absolute atomic E-state index is 0.0118. The SMILES string of the molecule is CC1C(NC(=O)c2cccc(C(=O)Nc3cc(C(C)(C)C)cc(NC(=O)CCCCN)c3SCCN)c2)=C(SCCN)C(NC(=O)CCCCN)=CC1C(C)(C)C. The first-order valence-corrected chi connectivity index (χ1v) is 21.9. The van der Waals surface area contributed by atoms with Gasteiger partial charge in [-0.3, -0.25) is 19.2 Å². The van der Waals surface area contributed by atoms with Crippen LogP contribution >= 0.6 is 23.5 Å². The lowest BCUT2D eigenvalue weighted by molar-refractivity contribution is -0.120. The topological polar surface area (TPSA) is 220 Å². The molecule has 2 aromatic rings. The number of carbonyl (C=O) groups is 4. The number of nitrogens with one attached hydrogen (secondary N) is 4. The lowest BCUT2D eigenvalue weighted by atomic mass is 9.70. The molecule has 0 heterocycles. The maximum absolute atomic E-state index is 14.1. The fourth-order valence-corrected chi connectivity index (χ4v) is 8.40. The zero-order chi connectivity index (χ0) is 42.3. The first kappa shape index (κ1) is 47.7. The normalized spacial score (nSPS) is 15.9. The number of carbonyl (C=O) groups excluding carboxylic acids is 4. The van der Waals surface area contributed by atoms with Crippen molar-refractivity contribution >= 4 is 58.5 Å². The van der Waals surface area contributed by atoms with E-state index in [4.69, 9.17) is 22.9 Å². The zero-order valence-electron chi connectivity index (χ0n) is 34.9. The molecule has 0 radical (unpaired) electrons. The highest BCUT2D eigenvalue weighted by Crippen LogP contribution is 2.45. The van der Waals surface area contributed by atoms with Gasteiger partial charge in [0.05, 0.1) is 26.9 Å². The zero-order valence-corrected chi connectivity index (χ0v) is 36.6. The van der Waals surface area contributed by atoms with E-state index < -0.39 is 5.91 Å². The molecule has 0 aromatic heterocycles. The van der Waals surface area contributed by atoms with Gasteiger partial charge in [0.2, 0.25) is 11.8 Å². The number of hydrogen-bond acceptors (Lipinski definition) is 10. The summed E-state index contributed by atoms with van der Waals surface area (Å²) in [4.78, 5) is 55.7. The number of nitrogens with two attached hydrogens (primary N) is 4. The molecule has 2 unspecified atom stereocenters. The van der Waals surface area contributed by atoms with Gasteiger partial charge in [0, 0.05) is 60.2 Å². The van der Waals surface area contributed by atoms with Gasteiger partial charge in [0.25, 0.3) is 11.8 Å². The molecule has 0 aliphatic heterocycles. The van der Waals surface area contributed by atoms with Gasteiger partial charge in [-0.05, 0) is 91.4 Å². The maximum Gasteiger partial charge on any atom is 0.255 e. The van der Waals surface area contributed by atoms with E-state index in [0.717, 1.165) is 23.3 Å². The van der Waals surface area contributed by atoms with Gasteiger partial charge in [-0.15, -0.1) is 23.5 Å². The van der Waals surface area contributed by atoms with Gasteiger partial charge in [-0.25, -0.2) is 0 Å². The molecule has 2 atom stereocenters. The number of thioether (sulfide) groups is 2. The molecule has 12 nitrogen and oxygen atoms in total. The predicted octanol–water partition coefficient (Wildman–Crippen LogP) is 6.43. The van der Waals surface area contributed by atoms with Crippen LogP contribution in [0.5, 0.6) is 0 Å². The Kier molecular flexibility index (Phi) is 18.8. The summed E-state index contributed by atoms with van der Waals surface area (Å²) in [5.41, 5.74) is 26.7. The number of allylic oxidation sites excluding steroid dienone is 2. The van der Waals surface area contributed by atoms with E-state index in [-0.39, 0.29) is 46.0 Å². The van der Waals surface area contributed by atoms with E-state index in [1.54, 1.807) is 24.3 Å². The van der Waals surface area contributed by atoms with Crippen molar-refractivity contribution in [2.24, 2.45) is 40.2 Å². The van der Waals surface area contributed by atoms with Gasteiger partial charge in [-0.1, -0.05) is 60.6 Å². The molecule has 4 amide bonds. The molecule has 0 bridgehead atoms. The van der Waals surface area contributed by atoms with E-state index in [2.05, 4.69) is 75.8 Å².